The number of carbonyl (C=O) groups is 9. The number of halogens is 14. The number of rotatable bonds is 18. The van der Waals surface area contributed by atoms with Crippen LogP contribution in [0.15, 0.2) is 67.1 Å². The van der Waals surface area contributed by atoms with E-state index in [0.717, 1.165) is 46.3 Å². The van der Waals surface area contributed by atoms with E-state index in [-0.39, 0.29) is 67.3 Å². The van der Waals surface area contributed by atoms with Crippen molar-refractivity contribution in [2.45, 2.75) is 51.2 Å². The Bertz CT molecular complexity index is 3450. The lowest BCUT2D eigenvalue weighted by Crippen LogP contribution is -2.48. The number of ether oxygens (including phenoxy) is 2. The SMILES string of the molecule is Cc1ccc(C(=O)Oc2c(F)c(F)cc(F)c2F)cn1.FP.NCCNC(=O)N[C@@H](CC(=O)O)C(=O)O.O=C(O)C[C@H](NC(=O)NCCNC(=O)c1ccc([18F])nc1)C(=O)O.O=C(Oc1c(F)c(F)cc(F)c1F)c1ccc([18F])nc1.O=C=O.O=C=O.O=S(=O)([O-])C(F)(F)F.[3H]CC. The van der Waals surface area contributed by atoms with E-state index in [1.165, 1.54) is 18.2 Å². The number of hydrogen-bond acceptors (Lipinski definition) is 22. The smallest absolute Gasteiger partial charge is 0.485 e. The largest absolute Gasteiger partial charge is 0.741 e. The standard InChI is InChI=1S/C13H7F4NO2.C13H15FN4O6.C12H4F5NO2.C7H13N3O5.C2H6.CHF3O3S.2CO2.FH2P/c1-6-2-3-7(5-18-6)13(19)20-12-10(16)8(14)4-9(15)11(12)17;14-9-2-1-7(6-17-9)11(21)15-3-4-16-13(24)18-8(12(22)23)5-10(19)20;13-6-3-7(14)10(17)11(9(6)16)20-12(19)5-1-2-8(15)18-4-5;8-1-2-9-7(15)10-4(6(13)14)3-5(11)12;1-2;2-1(3,4)8(5,6)7;2*2-1-3;1-2/h2-5H,1H3;1-2,6,8H,3-5H2,(H,15,21)(H,19,20)(H,22,23)(H2,16,18,24);1-4H;4H,1-3,8H2,(H,11,12)(H,13,14)(H2,9,10,15);1-2H3;(H,5,6,7);;;2H2/p-1/t;8-;;4-;;;;;/m.0.0...../s1/i;14-1;15-1;;1T;;;;. The second-order valence-electron chi connectivity index (χ2n) is 15.7. The molecule has 0 aliphatic carbocycles. The zero-order valence-corrected chi connectivity index (χ0v) is 50.3. The molecule has 31 nitrogen and oxygen atoms in total. The van der Waals surface area contributed by atoms with Gasteiger partial charge in [-0.2, -0.15) is 58.7 Å². The van der Waals surface area contributed by atoms with E-state index in [0.29, 0.717) is 12.6 Å². The number of esters is 2. The van der Waals surface area contributed by atoms with Gasteiger partial charge in [0.2, 0.25) is 46.7 Å². The van der Waals surface area contributed by atoms with E-state index < -0.39 is 164 Å². The first kappa shape index (κ1) is 90.0. The van der Waals surface area contributed by atoms with Crippen LogP contribution in [-0.4, -0.2) is 158 Å². The van der Waals surface area contributed by atoms with Crippen LogP contribution in [-0.2, 0) is 48.5 Å². The third-order valence-corrected chi connectivity index (χ3v) is 9.57. The van der Waals surface area contributed by atoms with Gasteiger partial charge in [0.05, 0.1) is 39.1 Å². The summed E-state index contributed by atoms with van der Waals surface area (Å²) in [6.45, 7) is 4.33. The Hall–Kier alpha value is -11.2. The number of nitrogens with two attached hydrogens (primary N) is 1. The summed E-state index contributed by atoms with van der Waals surface area (Å²) in [6, 6.07) is 2.10. The van der Waals surface area contributed by atoms with Crippen molar-refractivity contribution in [3.05, 3.63) is 148 Å². The van der Waals surface area contributed by atoms with E-state index in [1.54, 1.807) is 13.8 Å². The molecule has 1 unspecified atom stereocenters. The molecule has 0 spiro atoms. The fourth-order valence-electron chi connectivity index (χ4n) is 4.99. The van der Waals surface area contributed by atoms with Crippen LogP contribution < -0.4 is 41.8 Å². The molecule has 5 rings (SSSR count). The highest BCUT2D eigenvalue weighted by atomic mass is 32.2. The fourth-order valence-corrected chi connectivity index (χ4v) is 4.99. The maximum absolute atomic E-state index is 13.3. The van der Waals surface area contributed by atoms with Crippen LogP contribution in [0.1, 0.15) is 64.8 Å². The van der Waals surface area contributed by atoms with E-state index in [2.05, 4.69) is 40.4 Å². The van der Waals surface area contributed by atoms with Crippen molar-refractivity contribution in [1.29, 1.82) is 0 Å². The topological polar surface area (TPSA) is 503 Å². The van der Waals surface area contributed by atoms with Crippen molar-refractivity contribution in [3.63, 3.8) is 0 Å². The molecular weight excluding hydrogens is 1410 g/mol. The minimum absolute atomic E-state index is 0.0142. The van der Waals surface area contributed by atoms with Crippen LogP contribution in [0.2, 0.25) is 0 Å². The zero-order chi connectivity index (χ0) is 76.8. The Morgan fingerprint density at radius 3 is 1.15 bits per heavy atom. The number of amides is 5. The summed E-state index contributed by atoms with van der Waals surface area (Å²) in [7, 11) is -5.17. The number of carbonyl (C=O) groups excluding carboxylic acids is 9. The van der Waals surface area contributed by atoms with Crippen molar-refractivity contribution >= 4 is 85.8 Å². The number of carboxylic acids is 4. The molecule has 0 fully saturated rings. The number of nitrogens with one attached hydrogen (secondary N) is 5. The molecule has 0 aliphatic heterocycles. The summed E-state index contributed by atoms with van der Waals surface area (Å²) in [6.07, 6.45) is 1.96. The van der Waals surface area contributed by atoms with Gasteiger partial charge in [0.1, 0.15) is 12.1 Å². The number of urea groups is 2. The highest BCUT2D eigenvalue weighted by Crippen LogP contribution is 2.29. The van der Waals surface area contributed by atoms with E-state index >= 15 is 0 Å². The van der Waals surface area contributed by atoms with Crippen LogP contribution in [0.25, 0.3) is 0 Å². The minimum atomic E-state index is -6.09. The Morgan fingerprint density at radius 2 is 0.887 bits per heavy atom. The quantitative estimate of drug-likeness (QED) is 0.00677. The van der Waals surface area contributed by atoms with E-state index in [9.17, 15) is 104 Å². The van der Waals surface area contributed by atoms with Crippen LogP contribution in [0.4, 0.5) is 70.9 Å². The highest BCUT2D eigenvalue weighted by molar-refractivity contribution is 7.86. The van der Waals surface area contributed by atoms with Gasteiger partial charge in [-0.1, -0.05) is 13.8 Å². The molecule has 5 amide bonds. The molecule has 3 aromatic heterocycles. The van der Waals surface area contributed by atoms with Gasteiger partial charge < -0.3 is 66.8 Å². The lowest BCUT2D eigenvalue weighted by molar-refractivity contribution is -0.193. The average Bonchev–Trinajstić information content (AvgIpc) is 0.819. The summed E-state index contributed by atoms with van der Waals surface area (Å²) >= 11 is 0. The molecule has 0 saturated heterocycles. The second kappa shape index (κ2) is 48.5. The van der Waals surface area contributed by atoms with Crippen molar-refractivity contribution < 1.29 is 168 Å². The predicted octanol–water partition coefficient (Wildman–Crippen LogP) is 4.17. The molecule has 3 heterocycles. The number of aliphatic carboxylic acids is 4. The number of aromatic nitrogens is 3. The molecule has 2 aromatic carbocycles. The van der Waals surface area contributed by atoms with Crippen LogP contribution in [0.3, 0.4) is 0 Å². The van der Waals surface area contributed by atoms with Crippen molar-refractivity contribution in [2.24, 2.45) is 5.73 Å². The Kier molecular flexibility index (Phi) is 45.0. The molecular formula is C50H47F14N9O22PS-. The number of nitrogens with zero attached hydrogens (tertiary/aromatic N) is 3. The maximum Gasteiger partial charge on any atom is 0.485 e. The summed E-state index contributed by atoms with van der Waals surface area (Å²) in [4.78, 5) is 142. The fraction of sp³-hybridized carbons (Fsp3) is 0.240. The third kappa shape index (κ3) is 38.6. The third-order valence-electron chi connectivity index (χ3n) is 9.01. The number of aryl methyl sites for hydroxylation is 1. The van der Waals surface area contributed by atoms with Crippen LogP contribution in [0, 0.1) is 65.4 Å². The number of pyridine rings is 3. The van der Waals surface area contributed by atoms with Gasteiger partial charge >= 0.3 is 65.7 Å². The van der Waals surface area contributed by atoms with Gasteiger partial charge in [-0.25, -0.2) is 68.9 Å². The molecule has 0 radical (unpaired) electrons. The van der Waals surface area contributed by atoms with E-state index in [4.69, 9.17) is 59.7 Å². The van der Waals surface area contributed by atoms with Gasteiger partial charge in [0.25, 0.3) is 5.91 Å². The van der Waals surface area contributed by atoms with Crippen molar-refractivity contribution in [2.75, 3.05) is 26.2 Å². The summed E-state index contributed by atoms with van der Waals surface area (Å²) in [5.74, 6) is -27.2. The Morgan fingerprint density at radius 1 is 0.588 bits per heavy atom. The second-order valence-corrected chi connectivity index (χ2v) is 17.1. The molecule has 5 aromatic rings. The van der Waals surface area contributed by atoms with Crippen molar-refractivity contribution in [3.8, 4) is 11.5 Å². The number of carboxylic acid groups (broad SMARTS) is 4. The Labute approximate surface area is 536 Å². The number of alkyl halides is 3. The molecule has 11 N–H and O–H groups in total. The van der Waals surface area contributed by atoms with Gasteiger partial charge in [-0.05, 0) is 43.3 Å². The first-order chi connectivity index (χ1) is 45.5. The average molecular weight is 1450 g/mol. The summed E-state index contributed by atoms with van der Waals surface area (Å²) in [5, 5.41) is 45.2. The first-order valence-electron chi connectivity index (χ1n) is 25.0. The normalized spacial score (nSPS) is 10.4. The maximum atomic E-state index is 13.3. The molecule has 3 atom stereocenters. The molecule has 97 heavy (non-hydrogen) atoms. The predicted molar refractivity (Wildman–Crippen MR) is 290 cm³/mol. The van der Waals surface area contributed by atoms with Crippen LogP contribution in [0.5, 0.6) is 11.5 Å². The van der Waals surface area contributed by atoms with Gasteiger partial charge in [-0.3, -0.25) is 19.4 Å². The van der Waals surface area contributed by atoms with Gasteiger partial charge in [0.15, 0.2) is 33.4 Å². The summed E-state index contributed by atoms with van der Waals surface area (Å²) in [5.41, 5.74) is -0.275. The minimum Gasteiger partial charge on any atom is -0.741 e. The molecule has 534 valence electrons. The van der Waals surface area contributed by atoms with E-state index in [1.807, 2.05) is 10.6 Å². The highest BCUT2D eigenvalue weighted by Gasteiger charge is 2.37. The van der Waals surface area contributed by atoms with Gasteiger partial charge in [0, 0.05) is 64.0 Å². The zero-order valence-electron chi connectivity index (χ0n) is 49.3. The number of hydrogen-bond donors (Lipinski definition) is 10. The molecule has 47 heteroatoms. The molecule has 0 saturated carbocycles. The lowest BCUT2D eigenvalue weighted by Gasteiger charge is -2.13. The first-order valence-corrected chi connectivity index (χ1v) is 26.1. The molecule has 0 aliphatic rings. The number of benzene rings is 2. The lowest BCUT2D eigenvalue weighted by atomic mass is 10.2. The van der Waals surface area contributed by atoms with Crippen LogP contribution >= 0.6 is 9.55 Å². The Balaban J connectivity index is -0.000000556. The molecule has 0 bridgehead atoms. The van der Waals surface area contributed by atoms with Gasteiger partial charge in [-0.15, -0.1) is 0 Å². The van der Waals surface area contributed by atoms with Crippen molar-refractivity contribution in [1.82, 2.24) is 41.5 Å². The monoisotopic (exact) mass is 1450 g/mol. The summed E-state index contributed by atoms with van der Waals surface area (Å²) < 4.78 is 213.